The number of benzene rings is 1. The van der Waals surface area contributed by atoms with Gasteiger partial charge < -0.3 is 9.84 Å². The van der Waals surface area contributed by atoms with Crippen LogP contribution in [0.4, 0.5) is 0 Å². The van der Waals surface area contributed by atoms with Gasteiger partial charge in [0.15, 0.2) is 0 Å². The SMILES string of the molecule is O=C(O)CCCOc1cc(Cl)c(S(=O)(=O)Cl)cc1Cl. The Morgan fingerprint density at radius 1 is 1.26 bits per heavy atom. The zero-order valence-electron chi connectivity index (χ0n) is 9.40. The van der Waals surface area contributed by atoms with Crippen LogP contribution in [0.2, 0.25) is 10.0 Å². The van der Waals surface area contributed by atoms with Gasteiger partial charge in [0, 0.05) is 23.2 Å². The molecule has 0 radical (unpaired) electrons. The van der Waals surface area contributed by atoms with Gasteiger partial charge in [0.05, 0.1) is 16.7 Å². The molecule has 0 saturated heterocycles. The number of carboxylic acids is 1. The van der Waals surface area contributed by atoms with Gasteiger partial charge in [0.1, 0.15) is 10.6 Å². The highest BCUT2D eigenvalue weighted by atomic mass is 35.7. The molecule has 9 heteroatoms. The summed E-state index contributed by atoms with van der Waals surface area (Å²) in [6.45, 7) is 0.120. The van der Waals surface area contributed by atoms with Gasteiger partial charge in [0.25, 0.3) is 9.05 Å². The lowest BCUT2D eigenvalue weighted by Gasteiger charge is -2.09. The van der Waals surface area contributed by atoms with Crippen LogP contribution in [-0.2, 0) is 13.8 Å². The lowest BCUT2D eigenvalue weighted by atomic mass is 10.3. The van der Waals surface area contributed by atoms with Crippen molar-refractivity contribution >= 4 is 48.9 Å². The molecule has 0 amide bonds. The van der Waals surface area contributed by atoms with Crippen molar-refractivity contribution in [2.75, 3.05) is 6.61 Å². The third-order valence-corrected chi connectivity index (χ3v) is 4.12. The molecular formula is C10H9Cl3O5S. The molecule has 0 unspecified atom stereocenters. The standard InChI is InChI=1S/C10H9Cl3O5S/c11-6-5-9(19(13,16)17)7(12)4-8(6)18-3-1-2-10(14)15/h4-5H,1-3H2,(H,14,15). The Kier molecular flexibility index (Phi) is 5.73. The Balaban J connectivity index is 2.82. The van der Waals surface area contributed by atoms with Crippen LogP contribution in [-0.4, -0.2) is 26.1 Å². The predicted octanol–water partition coefficient (Wildman–Crippen LogP) is 3.16. The molecule has 5 nitrogen and oxygen atoms in total. The van der Waals surface area contributed by atoms with Crippen molar-refractivity contribution in [2.24, 2.45) is 0 Å². The van der Waals surface area contributed by atoms with E-state index < -0.39 is 15.0 Å². The number of hydrogen-bond acceptors (Lipinski definition) is 4. The molecule has 0 saturated carbocycles. The fourth-order valence-corrected chi connectivity index (χ4v) is 3.01. The summed E-state index contributed by atoms with van der Waals surface area (Å²) < 4.78 is 27.6. The fraction of sp³-hybridized carbons (Fsp3) is 0.300. The van der Waals surface area contributed by atoms with Crippen molar-refractivity contribution in [1.82, 2.24) is 0 Å². The topological polar surface area (TPSA) is 80.7 Å². The van der Waals surface area contributed by atoms with Gasteiger partial charge in [-0.15, -0.1) is 0 Å². The highest BCUT2D eigenvalue weighted by Gasteiger charge is 2.18. The van der Waals surface area contributed by atoms with E-state index in [-0.39, 0.29) is 33.7 Å². The molecule has 106 valence electrons. The molecule has 1 N–H and O–H groups in total. The zero-order chi connectivity index (χ0) is 14.6. The van der Waals surface area contributed by atoms with Crippen LogP contribution >= 0.6 is 33.9 Å². The van der Waals surface area contributed by atoms with Crippen LogP contribution in [0.25, 0.3) is 0 Å². The molecule has 1 rings (SSSR count). The lowest BCUT2D eigenvalue weighted by Crippen LogP contribution is -2.03. The van der Waals surface area contributed by atoms with Crippen LogP contribution in [0.3, 0.4) is 0 Å². The summed E-state index contributed by atoms with van der Waals surface area (Å²) in [4.78, 5) is 10.00. The van der Waals surface area contributed by atoms with Crippen molar-refractivity contribution in [3.05, 3.63) is 22.2 Å². The highest BCUT2D eigenvalue weighted by Crippen LogP contribution is 2.35. The Morgan fingerprint density at radius 3 is 2.42 bits per heavy atom. The zero-order valence-corrected chi connectivity index (χ0v) is 12.5. The van der Waals surface area contributed by atoms with Gasteiger partial charge in [0.2, 0.25) is 0 Å². The van der Waals surface area contributed by atoms with Crippen molar-refractivity contribution in [1.29, 1.82) is 0 Å². The predicted molar refractivity (Wildman–Crippen MR) is 71.9 cm³/mol. The summed E-state index contributed by atoms with van der Waals surface area (Å²) >= 11 is 11.6. The molecule has 0 heterocycles. The van der Waals surface area contributed by atoms with Gasteiger partial charge in [-0.1, -0.05) is 23.2 Å². The number of rotatable bonds is 6. The van der Waals surface area contributed by atoms with Gasteiger partial charge in [-0.05, 0) is 12.5 Å². The average molecular weight is 348 g/mol. The van der Waals surface area contributed by atoms with Crippen LogP contribution < -0.4 is 4.74 Å². The molecule has 1 aromatic carbocycles. The number of aliphatic carboxylic acids is 1. The average Bonchev–Trinajstić information content (AvgIpc) is 2.26. The van der Waals surface area contributed by atoms with E-state index in [1.807, 2.05) is 0 Å². The first kappa shape index (κ1) is 16.4. The largest absolute Gasteiger partial charge is 0.492 e. The van der Waals surface area contributed by atoms with Gasteiger partial charge >= 0.3 is 5.97 Å². The minimum absolute atomic E-state index is 0.0268. The number of carbonyl (C=O) groups is 1. The van der Waals surface area contributed by atoms with Crippen LogP contribution in [0, 0.1) is 0 Å². The summed E-state index contributed by atoms with van der Waals surface area (Å²) in [6.07, 6.45) is 0.248. The Labute approximate surface area is 124 Å². The molecule has 19 heavy (non-hydrogen) atoms. The summed E-state index contributed by atoms with van der Waals surface area (Å²) in [6, 6.07) is 2.30. The molecule has 0 fully saturated rings. The quantitative estimate of drug-likeness (QED) is 0.631. The minimum atomic E-state index is -3.99. The number of carboxylic acid groups (broad SMARTS) is 1. The van der Waals surface area contributed by atoms with E-state index in [9.17, 15) is 13.2 Å². The second-order valence-corrected chi connectivity index (χ2v) is 6.85. The lowest BCUT2D eigenvalue weighted by molar-refractivity contribution is -0.137. The van der Waals surface area contributed by atoms with E-state index >= 15 is 0 Å². The first-order valence-electron chi connectivity index (χ1n) is 5.00. The highest BCUT2D eigenvalue weighted by molar-refractivity contribution is 8.13. The van der Waals surface area contributed by atoms with Crippen LogP contribution in [0.15, 0.2) is 17.0 Å². The maximum absolute atomic E-state index is 11.2. The summed E-state index contributed by atoms with van der Waals surface area (Å²) in [5.41, 5.74) is 0. The van der Waals surface area contributed by atoms with E-state index in [2.05, 4.69) is 0 Å². The molecule has 0 atom stereocenters. The van der Waals surface area contributed by atoms with E-state index in [1.54, 1.807) is 0 Å². The minimum Gasteiger partial charge on any atom is -0.492 e. The third-order valence-electron chi connectivity index (χ3n) is 2.04. The van der Waals surface area contributed by atoms with E-state index in [0.717, 1.165) is 6.07 Å². The molecule has 0 bridgehead atoms. The maximum Gasteiger partial charge on any atom is 0.303 e. The fourth-order valence-electron chi connectivity index (χ4n) is 1.21. The summed E-state index contributed by atoms with van der Waals surface area (Å²) in [7, 11) is 1.19. The Morgan fingerprint density at radius 2 is 1.89 bits per heavy atom. The van der Waals surface area contributed by atoms with E-state index in [0.29, 0.717) is 6.42 Å². The molecule has 0 aliphatic carbocycles. The van der Waals surface area contributed by atoms with Crippen molar-refractivity contribution in [3.63, 3.8) is 0 Å². The second kappa shape index (κ2) is 6.65. The molecule has 0 aromatic heterocycles. The number of halogens is 3. The van der Waals surface area contributed by atoms with Crippen molar-refractivity contribution < 1.29 is 23.1 Å². The maximum atomic E-state index is 11.2. The van der Waals surface area contributed by atoms with Crippen molar-refractivity contribution in [2.45, 2.75) is 17.7 Å². The first-order chi connectivity index (χ1) is 8.71. The molecule has 0 aliphatic rings. The van der Waals surface area contributed by atoms with Crippen molar-refractivity contribution in [3.8, 4) is 5.75 Å². The summed E-state index contributed by atoms with van der Waals surface area (Å²) in [5, 5.41) is 8.36. The van der Waals surface area contributed by atoms with E-state index in [4.69, 9.17) is 43.7 Å². The summed E-state index contributed by atoms with van der Waals surface area (Å²) in [5.74, 6) is -0.766. The third kappa shape index (κ3) is 5.06. The Hall–Kier alpha value is -0.690. The Bertz CT molecular complexity index is 585. The smallest absolute Gasteiger partial charge is 0.303 e. The number of ether oxygens (including phenoxy) is 1. The van der Waals surface area contributed by atoms with Crippen LogP contribution in [0.5, 0.6) is 5.75 Å². The first-order valence-corrected chi connectivity index (χ1v) is 8.06. The molecular weight excluding hydrogens is 339 g/mol. The van der Waals surface area contributed by atoms with Gasteiger partial charge in [-0.25, -0.2) is 8.42 Å². The van der Waals surface area contributed by atoms with Gasteiger partial charge in [-0.3, -0.25) is 4.79 Å². The molecule has 0 spiro atoms. The van der Waals surface area contributed by atoms with E-state index in [1.165, 1.54) is 6.07 Å². The van der Waals surface area contributed by atoms with Gasteiger partial charge in [-0.2, -0.15) is 0 Å². The monoisotopic (exact) mass is 346 g/mol. The second-order valence-electron chi connectivity index (χ2n) is 3.50. The number of hydrogen-bond donors (Lipinski definition) is 1. The molecule has 1 aromatic rings. The normalized spacial score (nSPS) is 11.3. The van der Waals surface area contributed by atoms with Crippen LogP contribution in [0.1, 0.15) is 12.8 Å². The molecule has 0 aliphatic heterocycles.